The molecule has 0 amide bonds. The van der Waals surface area contributed by atoms with Crippen LogP contribution in [0.3, 0.4) is 0 Å². The van der Waals surface area contributed by atoms with Crippen molar-refractivity contribution in [3.8, 4) is 5.75 Å². The molecule has 0 spiro atoms. The Hall–Kier alpha value is -1.76. The van der Waals surface area contributed by atoms with Gasteiger partial charge in [-0.2, -0.15) is 0 Å². The summed E-state index contributed by atoms with van der Waals surface area (Å²) >= 11 is 0. The second-order valence-corrected chi connectivity index (χ2v) is 6.72. The van der Waals surface area contributed by atoms with Crippen LogP contribution in [0.15, 0.2) is 48.5 Å². The number of phenols is 1. The molecule has 0 fully saturated rings. The number of hydrogen-bond donors (Lipinski definition) is 1. The molecule has 0 bridgehead atoms. The van der Waals surface area contributed by atoms with Crippen molar-refractivity contribution < 1.29 is 5.11 Å². The maximum atomic E-state index is 9.27. The van der Waals surface area contributed by atoms with E-state index < -0.39 is 0 Å². The van der Waals surface area contributed by atoms with E-state index in [4.69, 9.17) is 0 Å². The van der Waals surface area contributed by atoms with Gasteiger partial charge in [-0.15, -0.1) is 0 Å². The quantitative estimate of drug-likeness (QED) is 0.847. The zero-order valence-electron chi connectivity index (χ0n) is 12.7. The fourth-order valence-electron chi connectivity index (χ4n) is 2.39. The standard InChI is InChI=1S/C19H24O/c1-19(2,3)14-17-8-6-15(7-9-17)4-5-16-10-12-18(20)13-11-16/h6-13,20H,4-5,14H2,1-3H3. The molecule has 0 aliphatic rings. The summed E-state index contributed by atoms with van der Waals surface area (Å²) < 4.78 is 0. The molecule has 0 heterocycles. The van der Waals surface area contributed by atoms with Gasteiger partial charge < -0.3 is 5.11 Å². The van der Waals surface area contributed by atoms with Crippen molar-refractivity contribution in [1.29, 1.82) is 0 Å². The smallest absolute Gasteiger partial charge is 0.115 e. The minimum Gasteiger partial charge on any atom is -0.508 e. The monoisotopic (exact) mass is 268 g/mol. The molecule has 0 aliphatic heterocycles. The Bertz CT molecular complexity index is 529. The second-order valence-electron chi connectivity index (χ2n) is 6.72. The summed E-state index contributed by atoms with van der Waals surface area (Å²) in [5, 5.41) is 9.27. The maximum Gasteiger partial charge on any atom is 0.115 e. The number of aromatic hydroxyl groups is 1. The first-order valence-electron chi connectivity index (χ1n) is 7.28. The summed E-state index contributed by atoms with van der Waals surface area (Å²) in [4.78, 5) is 0. The Balaban J connectivity index is 1.92. The summed E-state index contributed by atoms with van der Waals surface area (Å²) in [5.41, 5.74) is 4.39. The predicted molar refractivity (Wildman–Crippen MR) is 85.1 cm³/mol. The molecule has 0 unspecified atom stereocenters. The lowest BCUT2D eigenvalue weighted by Crippen LogP contribution is -2.08. The summed E-state index contributed by atoms with van der Waals surface area (Å²) in [6.07, 6.45) is 3.17. The molecule has 106 valence electrons. The minimum atomic E-state index is 0.334. The molecule has 0 atom stereocenters. The van der Waals surface area contributed by atoms with Crippen LogP contribution in [0.25, 0.3) is 0 Å². The van der Waals surface area contributed by atoms with E-state index in [9.17, 15) is 5.11 Å². The van der Waals surface area contributed by atoms with E-state index in [0.717, 1.165) is 19.3 Å². The lowest BCUT2D eigenvalue weighted by Gasteiger charge is -2.18. The van der Waals surface area contributed by atoms with Crippen LogP contribution in [0.2, 0.25) is 0 Å². The van der Waals surface area contributed by atoms with Crippen molar-refractivity contribution in [2.24, 2.45) is 5.41 Å². The van der Waals surface area contributed by atoms with Gasteiger partial charge in [0.2, 0.25) is 0 Å². The van der Waals surface area contributed by atoms with Crippen molar-refractivity contribution in [3.05, 3.63) is 65.2 Å². The summed E-state index contributed by atoms with van der Waals surface area (Å²) in [5.74, 6) is 0.334. The van der Waals surface area contributed by atoms with Gasteiger partial charge in [0.25, 0.3) is 0 Å². The molecule has 2 aromatic carbocycles. The van der Waals surface area contributed by atoms with Crippen molar-refractivity contribution in [1.82, 2.24) is 0 Å². The molecule has 2 rings (SSSR count). The summed E-state index contributed by atoms with van der Waals surface area (Å²) in [6, 6.07) is 16.5. The number of hydrogen-bond acceptors (Lipinski definition) is 1. The lowest BCUT2D eigenvalue weighted by atomic mass is 9.88. The molecule has 1 heteroatoms. The molecule has 0 saturated carbocycles. The predicted octanol–water partition coefficient (Wildman–Crippen LogP) is 4.77. The Morgan fingerprint density at radius 3 is 1.55 bits per heavy atom. The first-order valence-corrected chi connectivity index (χ1v) is 7.28. The zero-order chi connectivity index (χ0) is 14.6. The molecule has 0 aliphatic carbocycles. The summed E-state index contributed by atoms with van der Waals surface area (Å²) in [7, 11) is 0. The van der Waals surface area contributed by atoms with Crippen LogP contribution in [0, 0.1) is 5.41 Å². The molecule has 0 saturated heterocycles. The third-order valence-electron chi connectivity index (χ3n) is 3.40. The third-order valence-corrected chi connectivity index (χ3v) is 3.40. The highest BCUT2D eigenvalue weighted by Gasteiger charge is 2.10. The van der Waals surface area contributed by atoms with Crippen LogP contribution in [0.4, 0.5) is 0 Å². The Morgan fingerprint density at radius 2 is 1.10 bits per heavy atom. The van der Waals surface area contributed by atoms with Crippen LogP contribution in [0.1, 0.15) is 37.5 Å². The van der Waals surface area contributed by atoms with Gasteiger partial charge in [0.1, 0.15) is 5.75 Å². The largest absolute Gasteiger partial charge is 0.508 e. The molecule has 1 N–H and O–H groups in total. The lowest BCUT2D eigenvalue weighted by molar-refractivity contribution is 0.411. The first kappa shape index (κ1) is 14.6. The van der Waals surface area contributed by atoms with E-state index in [1.165, 1.54) is 16.7 Å². The summed E-state index contributed by atoms with van der Waals surface area (Å²) in [6.45, 7) is 6.81. The van der Waals surface area contributed by atoms with Crippen LogP contribution in [-0.4, -0.2) is 5.11 Å². The molecule has 0 radical (unpaired) electrons. The Morgan fingerprint density at radius 1 is 0.700 bits per heavy atom. The SMILES string of the molecule is CC(C)(C)Cc1ccc(CCc2ccc(O)cc2)cc1. The second kappa shape index (κ2) is 6.13. The molecular formula is C19H24O. The average Bonchev–Trinajstić information content (AvgIpc) is 2.38. The van der Waals surface area contributed by atoms with Gasteiger partial charge in [-0.25, -0.2) is 0 Å². The van der Waals surface area contributed by atoms with E-state index in [1.54, 1.807) is 12.1 Å². The van der Waals surface area contributed by atoms with Crippen LogP contribution in [-0.2, 0) is 19.3 Å². The molecule has 0 aromatic heterocycles. The molecule has 1 nitrogen and oxygen atoms in total. The number of benzene rings is 2. The van der Waals surface area contributed by atoms with Gasteiger partial charge in [-0.3, -0.25) is 0 Å². The highest BCUT2D eigenvalue weighted by Crippen LogP contribution is 2.21. The number of rotatable bonds is 4. The Labute approximate surface area is 122 Å². The topological polar surface area (TPSA) is 20.2 Å². The van der Waals surface area contributed by atoms with Gasteiger partial charge in [-0.1, -0.05) is 57.2 Å². The van der Waals surface area contributed by atoms with Crippen LogP contribution in [0.5, 0.6) is 5.75 Å². The Kier molecular flexibility index (Phi) is 4.49. The van der Waals surface area contributed by atoms with Gasteiger partial charge in [-0.05, 0) is 53.5 Å². The van der Waals surface area contributed by atoms with Gasteiger partial charge >= 0.3 is 0 Å². The molecular weight excluding hydrogens is 244 g/mol. The number of aryl methyl sites for hydroxylation is 2. The normalized spacial score (nSPS) is 11.6. The average molecular weight is 268 g/mol. The third kappa shape index (κ3) is 4.73. The highest BCUT2D eigenvalue weighted by molar-refractivity contribution is 5.28. The van der Waals surface area contributed by atoms with Crippen molar-refractivity contribution in [2.75, 3.05) is 0 Å². The van der Waals surface area contributed by atoms with Gasteiger partial charge in [0, 0.05) is 0 Å². The highest BCUT2D eigenvalue weighted by atomic mass is 16.3. The van der Waals surface area contributed by atoms with Crippen molar-refractivity contribution in [3.63, 3.8) is 0 Å². The fraction of sp³-hybridized carbons (Fsp3) is 0.368. The molecule has 2 aromatic rings. The van der Waals surface area contributed by atoms with E-state index in [2.05, 4.69) is 45.0 Å². The number of phenolic OH excluding ortho intramolecular Hbond substituents is 1. The van der Waals surface area contributed by atoms with Crippen molar-refractivity contribution >= 4 is 0 Å². The minimum absolute atomic E-state index is 0.334. The fourth-order valence-corrected chi connectivity index (χ4v) is 2.39. The van der Waals surface area contributed by atoms with Crippen LogP contribution >= 0.6 is 0 Å². The first-order chi connectivity index (χ1) is 9.42. The van der Waals surface area contributed by atoms with Crippen molar-refractivity contribution in [2.45, 2.75) is 40.0 Å². The van der Waals surface area contributed by atoms with Gasteiger partial charge in [0.05, 0.1) is 0 Å². The van der Waals surface area contributed by atoms with Crippen LogP contribution < -0.4 is 0 Å². The van der Waals surface area contributed by atoms with E-state index in [0.29, 0.717) is 11.2 Å². The molecule has 20 heavy (non-hydrogen) atoms. The maximum absolute atomic E-state index is 9.27. The van der Waals surface area contributed by atoms with E-state index in [-0.39, 0.29) is 0 Å². The zero-order valence-corrected chi connectivity index (χ0v) is 12.7. The van der Waals surface area contributed by atoms with E-state index in [1.807, 2.05) is 12.1 Å². The van der Waals surface area contributed by atoms with Gasteiger partial charge in [0.15, 0.2) is 0 Å². The van der Waals surface area contributed by atoms with E-state index >= 15 is 0 Å².